The summed E-state index contributed by atoms with van der Waals surface area (Å²) in [5.41, 5.74) is 6.25. The Labute approximate surface area is 230 Å². The van der Waals surface area contributed by atoms with Gasteiger partial charge in [-0.25, -0.2) is 5.43 Å². The number of nitrogens with zero attached hydrogens (tertiary/aromatic N) is 2. The van der Waals surface area contributed by atoms with Gasteiger partial charge in [-0.3, -0.25) is 4.79 Å². The van der Waals surface area contributed by atoms with Crippen LogP contribution in [-0.2, 0) is 6.61 Å². The third-order valence-electron chi connectivity index (χ3n) is 6.48. The number of hydrogen-bond donors (Lipinski definition) is 1. The van der Waals surface area contributed by atoms with E-state index in [1.807, 2.05) is 54.6 Å². The second-order valence-electron chi connectivity index (χ2n) is 8.90. The Balaban J connectivity index is 1.24. The van der Waals surface area contributed by atoms with Gasteiger partial charge in [0.25, 0.3) is 5.91 Å². The Kier molecular flexibility index (Phi) is 7.89. The highest BCUT2D eigenvalue weighted by atomic mass is 127. The molecule has 1 N–H and O–H groups in total. The summed E-state index contributed by atoms with van der Waals surface area (Å²) in [6.07, 6.45) is 4.05. The van der Waals surface area contributed by atoms with Crippen LogP contribution < -0.4 is 19.8 Å². The quantitative estimate of drug-likeness (QED) is 0.144. The third-order valence-corrected chi connectivity index (χ3v) is 7.29. The number of halogens is 1. The summed E-state index contributed by atoms with van der Waals surface area (Å²) >= 11 is 2.23. The van der Waals surface area contributed by atoms with Crippen molar-refractivity contribution in [1.29, 1.82) is 0 Å². The van der Waals surface area contributed by atoms with E-state index >= 15 is 0 Å². The van der Waals surface area contributed by atoms with E-state index in [-0.39, 0.29) is 5.91 Å². The van der Waals surface area contributed by atoms with Gasteiger partial charge < -0.3 is 14.4 Å². The van der Waals surface area contributed by atoms with Crippen LogP contribution in [0.5, 0.6) is 11.5 Å². The van der Waals surface area contributed by atoms with Gasteiger partial charge in [-0.15, -0.1) is 0 Å². The number of anilines is 1. The molecule has 0 spiro atoms. The van der Waals surface area contributed by atoms with Crippen LogP contribution in [0.15, 0.2) is 84.0 Å². The summed E-state index contributed by atoms with van der Waals surface area (Å²) in [6.45, 7) is 2.57. The standard InChI is InChI=1S/C30H28IN3O3/c1-36-28-18-21(19-32-33-30(35)23-11-13-25(14-12-23)34-15-4-5-16-34)17-27(31)29(28)37-20-24-9-6-8-22-7-2-3-10-26(22)24/h2-3,6-14,17-19H,4-5,15-16,20H2,1H3,(H,33,35)/b32-19-. The Morgan fingerprint density at radius 1 is 1.03 bits per heavy atom. The molecule has 4 aromatic rings. The average Bonchev–Trinajstić information content (AvgIpc) is 3.47. The molecule has 1 fully saturated rings. The van der Waals surface area contributed by atoms with Gasteiger partial charge in [0.05, 0.1) is 16.9 Å². The molecule has 1 amide bonds. The number of hydrazone groups is 1. The summed E-state index contributed by atoms with van der Waals surface area (Å²) in [4.78, 5) is 14.9. The number of ether oxygens (including phenoxy) is 2. The van der Waals surface area contributed by atoms with E-state index in [9.17, 15) is 4.79 Å². The van der Waals surface area contributed by atoms with Gasteiger partial charge in [0.2, 0.25) is 0 Å². The fourth-order valence-corrected chi connectivity index (χ4v) is 5.33. The Bertz CT molecular complexity index is 1420. The topological polar surface area (TPSA) is 63.2 Å². The van der Waals surface area contributed by atoms with E-state index < -0.39 is 0 Å². The van der Waals surface area contributed by atoms with Crippen molar-refractivity contribution in [3.8, 4) is 11.5 Å². The van der Waals surface area contributed by atoms with E-state index in [0.29, 0.717) is 23.7 Å². The number of amides is 1. The lowest BCUT2D eigenvalue weighted by molar-refractivity contribution is 0.0955. The van der Waals surface area contributed by atoms with Crippen molar-refractivity contribution in [1.82, 2.24) is 5.43 Å². The van der Waals surface area contributed by atoms with Crippen molar-refractivity contribution in [3.05, 3.63) is 99.1 Å². The number of rotatable bonds is 8. The van der Waals surface area contributed by atoms with Gasteiger partial charge in [0.1, 0.15) is 6.61 Å². The van der Waals surface area contributed by atoms with Gasteiger partial charge in [-0.2, -0.15) is 5.10 Å². The molecule has 7 heteroatoms. The summed E-state index contributed by atoms with van der Waals surface area (Å²) in [5.74, 6) is 1.04. The van der Waals surface area contributed by atoms with Crippen molar-refractivity contribution in [2.75, 3.05) is 25.1 Å². The smallest absolute Gasteiger partial charge is 0.271 e. The molecule has 0 atom stereocenters. The molecule has 0 unspecified atom stereocenters. The first-order valence-corrected chi connectivity index (χ1v) is 13.4. The number of nitrogens with one attached hydrogen (secondary N) is 1. The molecule has 0 aromatic heterocycles. The second kappa shape index (κ2) is 11.6. The number of carbonyl (C=O) groups excluding carboxylic acids is 1. The number of carbonyl (C=O) groups is 1. The fraction of sp³-hybridized carbons (Fsp3) is 0.200. The third kappa shape index (κ3) is 5.88. The molecule has 0 bridgehead atoms. The van der Waals surface area contributed by atoms with Crippen molar-refractivity contribution >= 4 is 51.2 Å². The van der Waals surface area contributed by atoms with E-state index in [1.165, 1.54) is 23.6 Å². The molecule has 188 valence electrons. The maximum atomic E-state index is 12.5. The van der Waals surface area contributed by atoms with Crippen LogP contribution in [0.3, 0.4) is 0 Å². The lowest BCUT2D eigenvalue weighted by Gasteiger charge is -2.17. The Hall–Kier alpha value is -3.59. The fourth-order valence-electron chi connectivity index (χ4n) is 4.55. The molecule has 0 radical (unpaired) electrons. The van der Waals surface area contributed by atoms with E-state index in [2.05, 4.69) is 62.3 Å². The van der Waals surface area contributed by atoms with E-state index in [0.717, 1.165) is 33.5 Å². The molecular formula is C30H28IN3O3. The predicted molar refractivity (Wildman–Crippen MR) is 157 cm³/mol. The van der Waals surface area contributed by atoms with Crippen molar-refractivity contribution in [2.45, 2.75) is 19.4 Å². The first-order chi connectivity index (χ1) is 18.1. The average molecular weight is 605 g/mol. The van der Waals surface area contributed by atoms with Crippen molar-refractivity contribution < 1.29 is 14.3 Å². The molecule has 0 saturated carbocycles. The van der Waals surface area contributed by atoms with E-state index in [4.69, 9.17) is 9.47 Å². The molecule has 0 aliphatic carbocycles. The summed E-state index contributed by atoms with van der Waals surface area (Å²) < 4.78 is 12.7. The summed E-state index contributed by atoms with van der Waals surface area (Å²) in [5, 5.41) is 6.51. The molecule has 1 aliphatic rings. The highest BCUT2D eigenvalue weighted by molar-refractivity contribution is 14.1. The number of hydrogen-bond acceptors (Lipinski definition) is 5. The Morgan fingerprint density at radius 2 is 1.78 bits per heavy atom. The maximum absolute atomic E-state index is 12.5. The Morgan fingerprint density at radius 3 is 2.57 bits per heavy atom. The molecule has 1 heterocycles. The van der Waals surface area contributed by atoms with Crippen LogP contribution >= 0.6 is 22.6 Å². The SMILES string of the molecule is COc1cc(/C=N\NC(=O)c2ccc(N3CCCC3)cc2)cc(I)c1OCc1cccc2ccccc12. The zero-order valence-corrected chi connectivity index (χ0v) is 22.8. The van der Waals surface area contributed by atoms with Crippen LogP contribution in [0, 0.1) is 3.57 Å². The summed E-state index contributed by atoms with van der Waals surface area (Å²) in [7, 11) is 1.62. The minimum Gasteiger partial charge on any atom is -0.493 e. The second-order valence-corrected chi connectivity index (χ2v) is 10.1. The minimum absolute atomic E-state index is 0.249. The van der Waals surface area contributed by atoms with Gasteiger partial charge in [0.15, 0.2) is 11.5 Å². The largest absolute Gasteiger partial charge is 0.493 e. The van der Waals surface area contributed by atoms with Gasteiger partial charge in [0, 0.05) is 24.3 Å². The maximum Gasteiger partial charge on any atom is 0.271 e. The first-order valence-electron chi connectivity index (χ1n) is 12.3. The molecule has 1 saturated heterocycles. The van der Waals surface area contributed by atoms with Crippen LogP contribution in [0.2, 0.25) is 0 Å². The van der Waals surface area contributed by atoms with Gasteiger partial charge >= 0.3 is 0 Å². The van der Waals surface area contributed by atoms with Crippen molar-refractivity contribution in [3.63, 3.8) is 0 Å². The van der Waals surface area contributed by atoms with Crippen LogP contribution in [0.1, 0.15) is 34.3 Å². The van der Waals surface area contributed by atoms with Crippen LogP contribution in [-0.4, -0.2) is 32.3 Å². The molecule has 37 heavy (non-hydrogen) atoms. The first kappa shape index (κ1) is 25.1. The van der Waals surface area contributed by atoms with Crippen molar-refractivity contribution in [2.24, 2.45) is 5.10 Å². The molecule has 1 aliphatic heterocycles. The highest BCUT2D eigenvalue weighted by Gasteiger charge is 2.14. The number of benzene rings is 4. The van der Waals surface area contributed by atoms with Crippen LogP contribution in [0.25, 0.3) is 10.8 Å². The zero-order valence-electron chi connectivity index (χ0n) is 20.6. The molecular weight excluding hydrogens is 577 g/mol. The zero-order chi connectivity index (χ0) is 25.6. The number of methoxy groups -OCH3 is 1. The molecule has 6 nitrogen and oxygen atoms in total. The normalized spacial score (nSPS) is 13.3. The number of fused-ring (bicyclic) bond motifs is 1. The molecule has 5 rings (SSSR count). The highest BCUT2D eigenvalue weighted by Crippen LogP contribution is 2.34. The lowest BCUT2D eigenvalue weighted by Crippen LogP contribution is -2.19. The molecule has 4 aromatic carbocycles. The lowest BCUT2D eigenvalue weighted by atomic mass is 10.1. The minimum atomic E-state index is -0.249. The summed E-state index contributed by atoms with van der Waals surface area (Å²) in [6, 6.07) is 25.9. The van der Waals surface area contributed by atoms with Crippen LogP contribution in [0.4, 0.5) is 5.69 Å². The van der Waals surface area contributed by atoms with Gasteiger partial charge in [-0.1, -0.05) is 42.5 Å². The monoisotopic (exact) mass is 605 g/mol. The van der Waals surface area contributed by atoms with Gasteiger partial charge in [-0.05, 0) is 93.7 Å². The van der Waals surface area contributed by atoms with E-state index in [1.54, 1.807) is 13.3 Å². The predicted octanol–water partition coefficient (Wildman–Crippen LogP) is 6.40.